The molecule has 4 heteroatoms. The smallest absolute Gasteiger partial charge is 0.236 e. The van der Waals surface area contributed by atoms with Crippen LogP contribution in [0.15, 0.2) is 18.2 Å². The lowest BCUT2D eigenvalue weighted by Crippen LogP contribution is -2.39. The van der Waals surface area contributed by atoms with E-state index in [-0.39, 0.29) is 18.3 Å². The Morgan fingerprint density at radius 2 is 1.88 bits per heavy atom. The maximum absolute atomic E-state index is 11.3. The lowest BCUT2D eigenvalue weighted by molar-refractivity contribution is -0.121. The number of hydrogen-bond acceptors (Lipinski definition) is 2. The van der Waals surface area contributed by atoms with Crippen LogP contribution >= 0.6 is 12.4 Å². The van der Waals surface area contributed by atoms with Gasteiger partial charge in [0.05, 0.1) is 6.04 Å². The minimum absolute atomic E-state index is 0. The summed E-state index contributed by atoms with van der Waals surface area (Å²) in [5, 5.41) is 2.82. The van der Waals surface area contributed by atoms with Crippen LogP contribution in [-0.2, 0) is 11.2 Å². The van der Waals surface area contributed by atoms with Crippen molar-refractivity contribution >= 4 is 18.3 Å². The van der Waals surface area contributed by atoms with Crippen LogP contribution in [0, 0.1) is 13.8 Å². The third-order valence-electron chi connectivity index (χ3n) is 2.73. The molecule has 1 rings (SSSR count). The van der Waals surface area contributed by atoms with E-state index in [4.69, 9.17) is 5.73 Å². The van der Waals surface area contributed by atoms with E-state index >= 15 is 0 Å². The molecule has 3 nitrogen and oxygen atoms in total. The molecule has 0 fully saturated rings. The predicted molar refractivity (Wildman–Crippen MR) is 73.5 cm³/mol. The predicted octanol–water partition coefficient (Wildman–Crippen LogP) is 1.73. The molecule has 0 aliphatic carbocycles. The molecular weight excluding hydrogens is 236 g/mol. The van der Waals surface area contributed by atoms with E-state index in [1.807, 2.05) is 0 Å². The van der Waals surface area contributed by atoms with Crippen LogP contribution in [0.5, 0.6) is 0 Å². The normalized spacial score (nSPS) is 11.5. The van der Waals surface area contributed by atoms with Gasteiger partial charge in [-0.25, -0.2) is 0 Å². The van der Waals surface area contributed by atoms with Crippen LogP contribution in [0.25, 0.3) is 0 Å². The van der Waals surface area contributed by atoms with E-state index in [1.54, 1.807) is 6.92 Å². The highest BCUT2D eigenvalue weighted by Gasteiger charge is 2.07. The molecule has 1 aromatic rings. The topological polar surface area (TPSA) is 55.1 Å². The van der Waals surface area contributed by atoms with Crippen LogP contribution in [-0.4, -0.2) is 18.5 Å². The van der Waals surface area contributed by atoms with Gasteiger partial charge in [-0.05, 0) is 43.9 Å². The number of benzene rings is 1. The first-order valence-electron chi connectivity index (χ1n) is 5.60. The molecular formula is C13H21ClN2O. The van der Waals surface area contributed by atoms with Crippen LogP contribution in [0.1, 0.15) is 23.6 Å². The van der Waals surface area contributed by atoms with E-state index < -0.39 is 6.04 Å². The summed E-state index contributed by atoms with van der Waals surface area (Å²) >= 11 is 0. The van der Waals surface area contributed by atoms with Crippen LogP contribution in [0.3, 0.4) is 0 Å². The third kappa shape index (κ3) is 4.75. The standard InChI is InChI=1S/C13H20N2O.ClH/c1-9-5-4-6-10(2)12(9)7-8-15-13(16)11(3)14;/h4-6,11H,7-8,14H2,1-3H3,(H,15,16);1H/t11-;/m1./s1. The average Bonchev–Trinajstić information content (AvgIpc) is 2.22. The highest BCUT2D eigenvalue weighted by Crippen LogP contribution is 2.13. The van der Waals surface area contributed by atoms with E-state index in [9.17, 15) is 4.79 Å². The zero-order valence-corrected chi connectivity index (χ0v) is 11.4. The Morgan fingerprint density at radius 3 is 2.35 bits per heavy atom. The fourth-order valence-electron chi connectivity index (χ4n) is 1.72. The molecule has 1 amide bonds. The van der Waals surface area contributed by atoms with E-state index in [2.05, 4.69) is 37.4 Å². The first-order valence-corrected chi connectivity index (χ1v) is 5.60. The molecule has 0 aliphatic rings. The number of nitrogens with two attached hydrogens (primary N) is 1. The third-order valence-corrected chi connectivity index (χ3v) is 2.73. The second kappa shape index (κ2) is 7.30. The molecule has 1 aromatic carbocycles. The Kier molecular flexibility index (Phi) is 6.85. The number of carbonyl (C=O) groups excluding carboxylic acids is 1. The molecule has 1 atom stereocenters. The van der Waals surface area contributed by atoms with Crippen LogP contribution in [0.4, 0.5) is 0 Å². The van der Waals surface area contributed by atoms with Gasteiger partial charge in [0.15, 0.2) is 0 Å². The number of aryl methyl sites for hydroxylation is 2. The van der Waals surface area contributed by atoms with E-state index in [0.717, 1.165) is 6.42 Å². The van der Waals surface area contributed by atoms with Gasteiger partial charge in [0, 0.05) is 6.54 Å². The largest absolute Gasteiger partial charge is 0.354 e. The zero-order chi connectivity index (χ0) is 12.1. The summed E-state index contributed by atoms with van der Waals surface area (Å²) in [7, 11) is 0. The number of hydrogen-bond donors (Lipinski definition) is 2. The SMILES string of the molecule is Cc1cccc(C)c1CCNC(=O)[C@@H](C)N.Cl. The van der Waals surface area contributed by atoms with Crippen molar-refractivity contribution in [1.29, 1.82) is 0 Å². The van der Waals surface area contributed by atoms with Gasteiger partial charge in [-0.1, -0.05) is 18.2 Å². The Labute approximate surface area is 109 Å². The van der Waals surface area contributed by atoms with Gasteiger partial charge < -0.3 is 11.1 Å². The fourth-order valence-corrected chi connectivity index (χ4v) is 1.72. The van der Waals surface area contributed by atoms with Crippen LogP contribution < -0.4 is 11.1 Å². The quantitative estimate of drug-likeness (QED) is 0.862. The van der Waals surface area contributed by atoms with Crippen molar-refractivity contribution in [3.8, 4) is 0 Å². The molecule has 3 N–H and O–H groups in total. The number of carbonyl (C=O) groups is 1. The molecule has 0 saturated heterocycles. The summed E-state index contributed by atoms with van der Waals surface area (Å²) < 4.78 is 0. The Hall–Kier alpha value is -1.06. The van der Waals surface area contributed by atoms with Gasteiger partial charge in [0.1, 0.15) is 0 Å². The monoisotopic (exact) mass is 256 g/mol. The Balaban J connectivity index is 0.00000256. The summed E-state index contributed by atoms with van der Waals surface area (Å²) in [5.41, 5.74) is 9.32. The maximum atomic E-state index is 11.3. The highest BCUT2D eigenvalue weighted by molar-refractivity contribution is 5.85. The fraction of sp³-hybridized carbons (Fsp3) is 0.462. The van der Waals surface area contributed by atoms with Gasteiger partial charge in [-0.15, -0.1) is 12.4 Å². The van der Waals surface area contributed by atoms with Crippen molar-refractivity contribution in [1.82, 2.24) is 5.32 Å². The number of amides is 1. The molecule has 0 heterocycles. The summed E-state index contributed by atoms with van der Waals surface area (Å²) in [6.07, 6.45) is 0.858. The molecule has 0 spiro atoms. The Morgan fingerprint density at radius 1 is 1.35 bits per heavy atom. The molecule has 0 aliphatic heterocycles. The molecule has 0 unspecified atom stereocenters. The molecule has 0 aromatic heterocycles. The van der Waals surface area contributed by atoms with Crippen molar-refractivity contribution < 1.29 is 4.79 Å². The van der Waals surface area contributed by atoms with Gasteiger partial charge in [0.25, 0.3) is 0 Å². The summed E-state index contributed by atoms with van der Waals surface area (Å²) in [5.74, 6) is -0.0914. The number of halogens is 1. The molecule has 96 valence electrons. The highest BCUT2D eigenvalue weighted by atomic mass is 35.5. The molecule has 0 saturated carbocycles. The molecule has 17 heavy (non-hydrogen) atoms. The lowest BCUT2D eigenvalue weighted by Gasteiger charge is -2.11. The van der Waals surface area contributed by atoms with Crippen molar-refractivity contribution in [2.45, 2.75) is 33.2 Å². The number of rotatable bonds is 4. The van der Waals surface area contributed by atoms with Crippen molar-refractivity contribution in [2.75, 3.05) is 6.54 Å². The maximum Gasteiger partial charge on any atom is 0.236 e. The van der Waals surface area contributed by atoms with Crippen LogP contribution in [0.2, 0.25) is 0 Å². The average molecular weight is 257 g/mol. The van der Waals surface area contributed by atoms with Gasteiger partial charge in [-0.3, -0.25) is 4.79 Å². The van der Waals surface area contributed by atoms with Gasteiger partial charge in [0.2, 0.25) is 5.91 Å². The summed E-state index contributed by atoms with van der Waals surface area (Å²) in [6, 6.07) is 5.80. The summed E-state index contributed by atoms with van der Waals surface area (Å²) in [6.45, 7) is 6.52. The van der Waals surface area contributed by atoms with Crippen molar-refractivity contribution in [3.63, 3.8) is 0 Å². The Bertz CT molecular complexity index is 357. The molecule has 0 bridgehead atoms. The minimum Gasteiger partial charge on any atom is -0.354 e. The zero-order valence-electron chi connectivity index (χ0n) is 10.6. The minimum atomic E-state index is -0.432. The van der Waals surface area contributed by atoms with Gasteiger partial charge in [-0.2, -0.15) is 0 Å². The van der Waals surface area contributed by atoms with E-state index in [1.165, 1.54) is 16.7 Å². The first kappa shape index (κ1) is 15.9. The second-order valence-electron chi connectivity index (χ2n) is 4.20. The second-order valence-corrected chi connectivity index (χ2v) is 4.20. The van der Waals surface area contributed by atoms with Crippen molar-refractivity contribution in [3.05, 3.63) is 34.9 Å². The van der Waals surface area contributed by atoms with Gasteiger partial charge >= 0.3 is 0 Å². The number of nitrogens with one attached hydrogen (secondary N) is 1. The first-order chi connectivity index (χ1) is 7.52. The molecule has 0 radical (unpaired) electrons. The van der Waals surface area contributed by atoms with Crippen molar-refractivity contribution in [2.24, 2.45) is 5.73 Å². The van der Waals surface area contributed by atoms with E-state index in [0.29, 0.717) is 6.54 Å². The summed E-state index contributed by atoms with van der Waals surface area (Å²) in [4.78, 5) is 11.3. The lowest BCUT2D eigenvalue weighted by atomic mass is 10.0.